The molecule has 1 fully saturated rings. The highest BCUT2D eigenvalue weighted by Gasteiger charge is 2.39. The zero-order valence-electron chi connectivity index (χ0n) is 19.9. The van der Waals surface area contributed by atoms with Gasteiger partial charge in [-0.25, -0.2) is 14.4 Å². The number of halogens is 1. The molecule has 3 aromatic carbocycles. The Bertz CT molecular complexity index is 1340. The van der Waals surface area contributed by atoms with Crippen molar-refractivity contribution in [3.05, 3.63) is 126 Å². The summed E-state index contributed by atoms with van der Waals surface area (Å²) in [6.45, 7) is 1.26. The number of fused-ring (bicyclic) bond motifs is 1. The van der Waals surface area contributed by atoms with Crippen LogP contribution in [0.3, 0.4) is 0 Å². The molecule has 1 aliphatic heterocycles. The second-order valence-corrected chi connectivity index (χ2v) is 9.21. The molecule has 0 radical (unpaired) electrons. The number of anilines is 1. The highest BCUT2D eigenvalue weighted by molar-refractivity contribution is 5.88. The Morgan fingerprint density at radius 2 is 1.39 bits per heavy atom. The van der Waals surface area contributed by atoms with Crippen molar-refractivity contribution in [2.75, 3.05) is 18.4 Å². The highest BCUT2D eigenvalue weighted by Crippen LogP contribution is 2.43. The maximum Gasteiger partial charge on any atom is 0.146 e. The third kappa shape index (κ3) is 3.74. The molecule has 36 heavy (non-hydrogen) atoms. The summed E-state index contributed by atoms with van der Waals surface area (Å²) in [6, 6.07) is 33.2. The fourth-order valence-corrected chi connectivity index (χ4v) is 5.44. The SMILES string of the molecule is F[C@@H]1CCNC[C@@H]1Nc1ncnc2c1ccn2C(c1ccccc1)(c1ccccc1)c1ccccc1. The first-order valence-electron chi connectivity index (χ1n) is 12.4. The average Bonchev–Trinajstić information content (AvgIpc) is 3.38. The lowest BCUT2D eigenvalue weighted by Gasteiger charge is -2.38. The van der Waals surface area contributed by atoms with Gasteiger partial charge in [-0.2, -0.15) is 0 Å². The largest absolute Gasteiger partial charge is 0.362 e. The number of nitrogens with one attached hydrogen (secondary N) is 2. The van der Waals surface area contributed by atoms with E-state index in [9.17, 15) is 4.39 Å². The van der Waals surface area contributed by atoms with Crippen LogP contribution in [0.2, 0.25) is 0 Å². The quantitative estimate of drug-likeness (QED) is 0.322. The number of hydrogen-bond donors (Lipinski definition) is 2. The summed E-state index contributed by atoms with van der Waals surface area (Å²) < 4.78 is 16.9. The van der Waals surface area contributed by atoms with Crippen LogP contribution in [0.4, 0.5) is 10.2 Å². The van der Waals surface area contributed by atoms with Gasteiger partial charge in [0.15, 0.2) is 0 Å². The molecule has 0 amide bonds. The first-order valence-corrected chi connectivity index (χ1v) is 12.4. The van der Waals surface area contributed by atoms with Crippen molar-refractivity contribution in [2.24, 2.45) is 0 Å². The van der Waals surface area contributed by atoms with Crippen molar-refractivity contribution < 1.29 is 4.39 Å². The number of aromatic nitrogens is 3. The summed E-state index contributed by atoms with van der Waals surface area (Å²) in [4.78, 5) is 9.28. The van der Waals surface area contributed by atoms with Crippen LogP contribution in [0.25, 0.3) is 11.0 Å². The number of nitrogens with zero attached hydrogens (tertiary/aromatic N) is 3. The molecule has 2 aromatic heterocycles. The molecular formula is C30H28FN5. The molecule has 6 rings (SSSR count). The molecule has 0 saturated carbocycles. The molecule has 6 heteroatoms. The van der Waals surface area contributed by atoms with Crippen LogP contribution in [-0.2, 0) is 5.54 Å². The molecule has 5 nitrogen and oxygen atoms in total. The van der Waals surface area contributed by atoms with Gasteiger partial charge in [0, 0.05) is 12.7 Å². The van der Waals surface area contributed by atoms with Gasteiger partial charge < -0.3 is 15.2 Å². The van der Waals surface area contributed by atoms with Crippen LogP contribution < -0.4 is 10.6 Å². The Labute approximate surface area is 210 Å². The van der Waals surface area contributed by atoms with E-state index in [1.165, 1.54) is 0 Å². The van der Waals surface area contributed by atoms with Gasteiger partial charge in [0.25, 0.3) is 0 Å². The predicted octanol–water partition coefficient (Wildman–Crippen LogP) is 5.38. The summed E-state index contributed by atoms with van der Waals surface area (Å²) in [5.41, 5.74) is 3.46. The summed E-state index contributed by atoms with van der Waals surface area (Å²) in [5, 5.41) is 7.50. The van der Waals surface area contributed by atoms with Crippen LogP contribution in [-0.4, -0.2) is 39.8 Å². The van der Waals surface area contributed by atoms with E-state index >= 15 is 0 Å². The van der Waals surface area contributed by atoms with Crippen LogP contribution in [0, 0.1) is 0 Å². The van der Waals surface area contributed by atoms with E-state index < -0.39 is 11.7 Å². The zero-order valence-corrected chi connectivity index (χ0v) is 19.9. The molecule has 0 unspecified atom stereocenters. The standard InChI is InChI=1S/C30H28FN5/c31-26-16-18-32-20-27(26)35-28-25-17-19-36(29(25)34-21-33-28)30(22-10-4-1-5-11-22,23-12-6-2-7-13-23)24-14-8-3-9-15-24/h1-15,17,19,21,26-27,32H,16,18,20H2,(H,33,34,35)/t26-,27+/m1/s1. The maximum absolute atomic E-state index is 14.6. The molecule has 0 spiro atoms. The normalized spacial score (nSPS) is 18.2. The first kappa shape index (κ1) is 22.4. The van der Waals surface area contributed by atoms with E-state index in [1.807, 2.05) is 24.3 Å². The van der Waals surface area contributed by atoms with Crippen molar-refractivity contribution in [1.82, 2.24) is 19.9 Å². The molecule has 2 N–H and O–H groups in total. The molecule has 180 valence electrons. The lowest BCUT2D eigenvalue weighted by atomic mass is 9.76. The van der Waals surface area contributed by atoms with E-state index in [-0.39, 0.29) is 6.04 Å². The second-order valence-electron chi connectivity index (χ2n) is 9.21. The summed E-state index contributed by atoms with van der Waals surface area (Å²) in [5.74, 6) is 0.651. The van der Waals surface area contributed by atoms with Gasteiger partial charge >= 0.3 is 0 Å². The first-order chi connectivity index (χ1) is 17.8. The molecule has 2 atom stereocenters. The number of hydrogen-bond acceptors (Lipinski definition) is 4. The Kier molecular flexibility index (Phi) is 5.95. The number of piperidine rings is 1. The van der Waals surface area contributed by atoms with Crippen LogP contribution in [0.15, 0.2) is 110 Å². The maximum atomic E-state index is 14.6. The van der Waals surface area contributed by atoms with Crippen LogP contribution >= 0.6 is 0 Å². The Hall–Kier alpha value is -4.03. The van der Waals surface area contributed by atoms with Gasteiger partial charge in [-0.15, -0.1) is 0 Å². The minimum atomic E-state index is -0.921. The molecule has 0 bridgehead atoms. The molecular weight excluding hydrogens is 449 g/mol. The number of rotatable bonds is 6. The third-order valence-corrected chi connectivity index (χ3v) is 7.14. The molecule has 1 aliphatic rings. The van der Waals surface area contributed by atoms with Crippen molar-refractivity contribution in [3.63, 3.8) is 0 Å². The monoisotopic (exact) mass is 477 g/mol. The molecule has 5 aromatic rings. The van der Waals surface area contributed by atoms with Crippen LogP contribution in [0.5, 0.6) is 0 Å². The van der Waals surface area contributed by atoms with Crippen molar-refractivity contribution in [1.29, 1.82) is 0 Å². The van der Waals surface area contributed by atoms with Crippen LogP contribution in [0.1, 0.15) is 23.1 Å². The number of alkyl halides is 1. The predicted molar refractivity (Wildman–Crippen MR) is 142 cm³/mol. The van der Waals surface area contributed by atoms with E-state index in [2.05, 4.69) is 99.2 Å². The van der Waals surface area contributed by atoms with Gasteiger partial charge in [0.1, 0.15) is 29.5 Å². The van der Waals surface area contributed by atoms with Crippen molar-refractivity contribution in [3.8, 4) is 0 Å². The van der Waals surface area contributed by atoms with Gasteiger partial charge in [-0.1, -0.05) is 91.0 Å². The zero-order chi connectivity index (χ0) is 24.4. The van der Waals surface area contributed by atoms with E-state index in [1.54, 1.807) is 6.33 Å². The second kappa shape index (κ2) is 9.55. The van der Waals surface area contributed by atoms with E-state index in [0.717, 1.165) is 27.7 Å². The van der Waals surface area contributed by atoms with Gasteiger partial charge in [-0.05, 0) is 35.7 Å². The molecule has 1 saturated heterocycles. The number of benzene rings is 3. The van der Waals surface area contributed by atoms with Crippen molar-refractivity contribution >= 4 is 16.9 Å². The van der Waals surface area contributed by atoms with Gasteiger partial charge in [-0.3, -0.25) is 0 Å². The van der Waals surface area contributed by atoms with Gasteiger partial charge in [0.2, 0.25) is 0 Å². The fraction of sp³-hybridized carbons (Fsp3) is 0.200. The topological polar surface area (TPSA) is 54.8 Å². The molecule has 3 heterocycles. The third-order valence-electron chi connectivity index (χ3n) is 7.14. The van der Waals surface area contributed by atoms with Gasteiger partial charge in [0.05, 0.1) is 11.4 Å². The van der Waals surface area contributed by atoms with E-state index in [4.69, 9.17) is 4.98 Å². The summed E-state index contributed by atoms with van der Waals surface area (Å²) in [6.07, 6.45) is 3.21. The lowest BCUT2D eigenvalue weighted by Crippen LogP contribution is -2.46. The summed E-state index contributed by atoms with van der Waals surface area (Å²) in [7, 11) is 0. The smallest absolute Gasteiger partial charge is 0.146 e. The Morgan fingerprint density at radius 3 is 1.94 bits per heavy atom. The average molecular weight is 478 g/mol. The minimum Gasteiger partial charge on any atom is -0.362 e. The fourth-order valence-electron chi connectivity index (χ4n) is 5.44. The summed E-state index contributed by atoms with van der Waals surface area (Å²) >= 11 is 0. The minimum absolute atomic E-state index is 0.331. The lowest BCUT2D eigenvalue weighted by molar-refractivity contribution is 0.241. The highest BCUT2D eigenvalue weighted by atomic mass is 19.1. The molecule has 0 aliphatic carbocycles. The Morgan fingerprint density at radius 1 is 0.806 bits per heavy atom. The Balaban J connectivity index is 1.60. The van der Waals surface area contributed by atoms with E-state index in [0.29, 0.717) is 25.3 Å². The van der Waals surface area contributed by atoms with Crippen molar-refractivity contribution in [2.45, 2.75) is 24.2 Å².